The monoisotopic (exact) mass is 362 g/mol. The van der Waals surface area contributed by atoms with Crippen molar-refractivity contribution in [3.8, 4) is 11.8 Å². The average molecular weight is 362 g/mol. The second-order valence-electron chi connectivity index (χ2n) is 7.02. The minimum absolute atomic E-state index is 0.139. The summed E-state index contributed by atoms with van der Waals surface area (Å²) < 4.78 is 7.24. The first-order valence-corrected chi connectivity index (χ1v) is 9.20. The number of fused-ring (bicyclic) bond motifs is 1. The zero-order valence-electron chi connectivity index (χ0n) is 15.5. The number of anilines is 1. The van der Waals surface area contributed by atoms with Gasteiger partial charge in [-0.2, -0.15) is 15.2 Å². The van der Waals surface area contributed by atoms with Crippen LogP contribution >= 0.6 is 0 Å². The van der Waals surface area contributed by atoms with Crippen LogP contribution in [0.25, 0.3) is 11.2 Å². The van der Waals surface area contributed by atoms with Gasteiger partial charge in [0.1, 0.15) is 17.3 Å². The highest BCUT2D eigenvalue weighted by Crippen LogP contribution is 2.32. The Labute approximate surface area is 158 Å². The molecule has 0 saturated heterocycles. The normalized spacial score (nSPS) is 15.1. The maximum absolute atomic E-state index is 9.26. The van der Waals surface area contributed by atoms with Crippen molar-refractivity contribution in [1.29, 1.82) is 5.26 Å². The van der Waals surface area contributed by atoms with E-state index in [1.165, 1.54) is 19.3 Å². The van der Waals surface area contributed by atoms with Gasteiger partial charge in [-0.05, 0) is 43.4 Å². The van der Waals surface area contributed by atoms with Crippen LogP contribution in [0.3, 0.4) is 0 Å². The quantitative estimate of drug-likeness (QED) is 0.723. The molecule has 2 aromatic heterocycles. The third-order valence-corrected chi connectivity index (χ3v) is 5.31. The largest absolute Gasteiger partial charge is 0.497 e. The van der Waals surface area contributed by atoms with Crippen LogP contribution in [0, 0.1) is 17.2 Å². The van der Waals surface area contributed by atoms with Gasteiger partial charge in [0, 0.05) is 12.6 Å². The predicted molar refractivity (Wildman–Crippen MR) is 103 cm³/mol. The molecule has 1 aliphatic rings. The van der Waals surface area contributed by atoms with Crippen molar-refractivity contribution >= 4 is 17.0 Å². The summed E-state index contributed by atoms with van der Waals surface area (Å²) >= 11 is 0. The van der Waals surface area contributed by atoms with Gasteiger partial charge in [-0.15, -0.1) is 0 Å². The number of hydrogen-bond donors (Lipinski definition) is 1. The maximum atomic E-state index is 9.26. The molecule has 2 heterocycles. The van der Waals surface area contributed by atoms with Crippen molar-refractivity contribution in [2.45, 2.75) is 38.8 Å². The average Bonchev–Trinajstić information content (AvgIpc) is 3.03. The predicted octanol–water partition coefficient (Wildman–Crippen LogP) is 3.36. The number of imidazole rings is 1. The Hall–Kier alpha value is -3.14. The molecule has 4 rings (SSSR count). The van der Waals surface area contributed by atoms with Crippen LogP contribution in [-0.4, -0.2) is 32.7 Å². The fourth-order valence-electron chi connectivity index (χ4n) is 3.45. The van der Waals surface area contributed by atoms with E-state index in [4.69, 9.17) is 4.74 Å². The number of hydrogen-bond acceptors (Lipinski definition) is 6. The molecule has 0 bridgehead atoms. The molecule has 1 aromatic carbocycles. The van der Waals surface area contributed by atoms with Crippen molar-refractivity contribution in [3.63, 3.8) is 0 Å². The van der Waals surface area contributed by atoms with E-state index in [9.17, 15) is 5.26 Å². The summed E-state index contributed by atoms with van der Waals surface area (Å²) in [6.45, 7) is 2.82. The van der Waals surface area contributed by atoms with E-state index in [-0.39, 0.29) is 5.82 Å². The van der Waals surface area contributed by atoms with Gasteiger partial charge in [0.25, 0.3) is 0 Å². The molecular formula is C20H22N6O. The maximum Gasteiger partial charge on any atom is 0.236 e. The number of aromatic nitrogens is 4. The Morgan fingerprint density at radius 2 is 2.07 bits per heavy atom. The molecule has 1 fully saturated rings. The molecule has 1 unspecified atom stereocenters. The van der Waals surface area contributed by atoms with Gasteiger partial charge in [-0.3, -0.25) is 0 Å². The van der Waals surface area contributed by atoms with Gasteiger partial charge in [-0.25, -0.2) is 4.98 Å². The molecule has 27 heavy (non-hydrogen) atoms. The van der Waals surface area contributed by atoms with Gasteiger partial charge in [-0.1, -0.05) is 18.6 Å². The highest BCUT2D eigenvalue weighted by Gasteiger charge is 2.25. The number of nitrogens with zero attached hydrogens (tertiary/aromatic N) is 5. The summed E-state index contributed by atoms with van der Waals surface area (Å²) in [6, 6.07) is 10.3. The smallest absolute Gasteiger partial charge is 0.236 e. The van der Waals surface area contributed by atoms with E-state index in [0.717, 1.165) is 16.8 Å². The summed E-state index contributed by atoms with van der Waals surface area (Å²) in [6.07, 6.45) is 5.51. The lowest BCUT2D eigenvalue weighted by Gasteiger charge is -2.32. The fraction of sp³-hybridized carbons (Fsp3) is 0.400. The number of nitrogens with one attached hydrogen (secondary N) is 1. The first-order chi connectivity index (χ1) is 13.2. The molecule has 138 valence electrons. The number of nitriles is 1. The Morgan fingerprint density at radius 1 is 1.30 bits per heavy atom. The van der Waals surface area contributed by atoms with Crippen LogP contribution in [0.5, 0.6) is 5.75 Å². The van der Waals surface area contributed by atoms with Gasteiger partial charge < -0.3 is 14.6 Å². The van der Waals surface area contributed by atoms with Crippen LogP contribution in [0.2, 0.25) is 0 Å². The lowest BCUT2D eigenvalue weighted by Crippen LogP contribution is -2.31. The summed E-state index contributed by atoms with van der Waals surface area (Å²) in [4.78, 5) is 13.1. The molecule has 0 radical (unpaired) electrons. The topological polar surface area (TPSA) is 88.7 Å². The Kier molecular flexibility index (Phi) is 4.63. The Bertz CT molecular complexity index is 984. The van der Waals surface area contributed by atoms with Crippen molar-refractivity contribution in [2.24, 2.45) is 5.92 Å². The number of rotatable bonds is 6. The Morgan fingerprint density at radius 3 is 2.70 bits per heavy atom. The van der Waals surface area contributed by atoms with E-state index in [2.05, 4.69) is 27.2 Å². The van der Waals surface area contributed by atoms with Gasteiger partial charge in [0.05, 0.1) is 13.4 Å². The highest BCUT2D eigenvalue weighted by molar-refractivity contribution is 5.83. The Balaban J connectivity index is 1.69. The molecule has 1 aliphatic carbocycles. The third kappa shape index (κ3) is 3.43. The van der Waals surface area contributed by atoms with Crippen LogP contribution in [0.1, 0.15) is 37.6 Å². The lowest BCUT2D eigenvalue weighted by atomic mass is 9.80. The van der Waals surface area contributed by atoms with E-state index in [1.54, 1.807) is 13.4 Å². The van der Waals surface area contributed by atoms with Gasteiger partial charge in [0.2, 0.25) is 5.82 Å². The minimum Gasteiger partial charge on any atom is -0.497 e. The van der Waals surface area contributed by atoms with E-state index in [1.807, 2.05) is 34.9 Å². The summed E-state index contributed by atoms with van der Waals surface area (Å²) in [5.41, 5.74) is 2.49. The third-order valence-electron chi connectivity index (χ3n) is 5.31. The number of benzene rings is 1. The van der Waals surface area contributed by atoms with Crippen LogP contribution in [0.4, 0.5) is 5.82 Å². The minimum atomic E-state index is 0.139. The SMILES string of the molecule is COc1ccc(Cn2cnc3nc(C#N)nc(NC(C)C4CCC4)c32)cc1. The van der Waals surface area contributed by atoms with Crippen LogP contribution < -0.4 is 10.1 Å². The summed E-state index contributed by atoms with van der Waals surface area (Å²) in [5.74, 6) is 2.30. The molecule has 1 atom stereocenters. The standard InChI is InChI=1S/C20H22N6O/c1-13(15-4-3-5-15)23-20-18-19(24-17(10-21)25-20)22-12-26(18)11-14-6-8-16(27-2)9-7-14/h6-9,12-13,15H,3-5,11H2,1-2H3,(H,23,24,25). The lowest BCUT2D eigenvalue weighted by molar-refractivity contribution is 0.285. The molecule has 0 amide bonds. The van der Waals surface area contributed by atoms with Gasteiger partial charge in [0.15, 0.2) is 11.5 Å². The van der Waals surface area contributed by atoms with Crippen molar-refractivity contribution in [3.05, 3.63) is 42.0 Å². The van der Waals surface area contributed by atoms with E-state index < -0.39 is 0 Å². The van der Waals surface area contributed by atoms with Gasteiger partial charge >= 0.3 is 0 Å². The second kappa shape index (κ2) is 7.23. The summed E-state index contributed by atoms with van der Waals surface area (Å²) in [5, 5.41) is 12.8. The molecule has 7 nitrogen and oxygen atoms in total. The summed E-state index contributed by atoms with van der Waals surface area (Å²) in [7, 11) is 1.66. The molecule has 1 N–H and O–H groups in total. The first-order valence-electron chi connectivity index (χ1n) is 9.20. The second-order valence-corrected chi connectivity index (χ2v) is 7.02. The van der Waals surface area contributed by atoms with Crippen molar-refractivity contribution < 1.29 is 4.74 Å². The first kappa shape index (κ1) is 17.3. The zero-order valence-corrected chi connectivity index (χ0v) is 15.5. The molecule has 3 aromatic rings. The number of ether oxygens (including phenoxy) is 1. The molecular weight excluding hydrogens is 340 g/mol. The van der Waals surface area contributed by atoms with E-state index in [0.29, 0.717) is 30.0 Å². The number of methoxy groups -OCH3 is 1. The zero-order chi connectivity index (χ0) is 18.8. The molecule has 0 aliphatic heterocycles. The molecule has 7 heteroatoms. The van der Waals surface area contributed by atoms with Crippen LogP contribution in [-0.2, 0) is 6.54 Å². The van der Waals surface area contributed by atoms with Crippen molar-refractivity contribution in [2.75, 3.05) is 12.4 Å². The molecule has 0 spiro atoms. The molecule has 1 saturated carbocycles. The highest BCUT2D eigenvalue weighted by atomic mass is 16.5. The van der Waals surface area contributed by atoms with E-state index >= 15 is 0 Å². The fourth-order valence-corrected chi connectivity index (χ4v) is 3.45. The van der Waals surface area contributed by atoms with Crippen LogP contribution in [0.15, 0.2) is 30.6 Å². The van der Waals surface area contributed by atoms with Crippen molar-refractivity contribution in [1.82, 2.24) is 19.5 Å².